The van der Waals surface area contributed by atoms with Crippen LogP contribution in [0, 0.1) is 31.6 Å². The fourth-order valence-corrected chi connectivity index (χ4v) is 5.36. The average Bonchev–Trinajstić information content (AvgIpc) is 2.76. The predicted octanol–water partition coefficient (Wildman–Crippen LogP) is 5.00. The fourth-order valence-electron chi connectivity index (χ4n) is 4.39. The van der Waals surface area contributed by atoms with Crippen LogP contribution in [-0.2, 0) is 0 Å². The number of aliphatic hydroxyl groups is 1. The van der Waals surface area contributed by atoms with Crippen LogP contribution in [0.5, 0.6) is 0 Å². The lowest BCUT2D eigenvalue weighted by atomic mass is 9.66. The standard InChI is InChI=1S/C17H26OS/c1-11-9-16(12(2)19-11)17(18)15-8-7-13-5-3-4-6-14(13)10-15/h9,13-15,17-18H,3-8,10H2,1-2H3. The smallest absolute Gasteiger partial charge is 0.0829 e. The third-order valence-electron chi connectivity index (χ3n) is 5.42. The highest BCUT2D eigenvalue weighted by Gasteiger charge is 2.35. The third kappa shape index (κ3) is 2.75. The van der Waals surface area contributed by atoms with E-state index >= 15 is 0 Å². The van der Waals surface area contributed by atoms with Gasteiger partial charge >= 0.3 is 0 Å². The number of rotatable bonds is 2. The van der Waals surface area contributed by atoms with Crippen molar-refractivity contribution in [3.05, 3.63) is 21.4 Å². The molecule has 0 aromatic carbocycles. The van der Waals surface area contributed by atoms with Gasteiger partial charge in [-0.3, -0.25) is 0 Å². The molecule has 2 heteroatoms. The van der Waals surface area contributed by atoms with Crippen molar-refractivity contribution in [2.24, 2.45) is 17.8 Å². The Labute approximate surface area is 121 Å². The molecule has 4 atom stereocenters. The van der Waals surface area contributed by atoms with Gasteiger partial charge in [-0.05, 0) is 62.5 Å². The monoisotopic (exact) mass is 278 g/mol. The number of aliphatic hydroxyl groups excluding tert-OH is 1. The summed E-state index contributed by atoms with van der Waals surface area (Å²) < 4.78 is 0. The minimum Gasteiger partial charge on any atom is -0.388 e. The van der Waals surface area contributed by atoms with E-state index in [1.807, 2.05) is 11.3 Å². The molecule has 1 heterocycles. The van der Waals surface area contributed by atoms with Crippen LogP contribution >= 0.6 is 11.3 Å². The third-order valence-corrected chi connectivity index (χ3v) is 6.41. The van der Waals surface area contributed by atoms with E-state index in [0.29, 0.717) is 5.92 Å². The molecule has 1 aromatic heterocycles. The van der Waals surface area contributed by atoms with Gasteiger partial charge in [0.05, 0.1) is 6.10 Å². The number of hydrogen-bond acceptors (Lipinski definition) is 2. The molecule has 4 unspecified atom stereocenters. The van der Waals surface area contributed by atoms with Crippen molar-refractivity contribution in [1.29, 1.82) is 0 Å². The first-order chi connectivity index (χ1) is 9.15. The van der Waals surface area contributed by atoms with Crippen LogP contribution in [0.1, 0.15) is 66.4 Å². The van der Waals surface area contributed by atoms with E-state index < -0.39 is 0 Å². The lowest BCUT2D eigenvalue weighted by molar-refractivity contribution is 0.0348. The summed E-state index contributed by atoms with van der Waals surface area (Å²) >= 11 is 1.82. The molecular weight excluding hydrogens is 252 g/mol. The highest BCUT2D eigenvalue weighted by atomic mass is 32.1. The lowest BCUT2D eigenvalue weighted by Crippen LogP contribution is -2.30. The van der Waals surface area contributed by atoms with E-state index in [2.05, 4.69) is 19.9 Å². The summed E-state index contributed by atoms with van der Waals surface area (Å²) in [5, 5.41) is 10.7. The van der Waals surface area contributed by atoms with Gasteiger partial charge < -0.3 is 5.11 Å². The van der Waals surface area contributed by atoms with Crippen molar-refractivity contribution < 1.29 is 5.11 Å². The zero-order valence-corrected chi connectivity index (χ0v) is 13.0. The molecule has 0 aliphatic heterocycles. The molecule has 106 valence electrons. The van der Waals surface area contributed by atoms with E-state index in [0.717, 1.165) is 11.8 Å². The zero-order chi connectivity index (χ0) is 13.4. The van der Waals surface area contributed by atoms with Crippen LogP contribution in [0.4, 0.5) is 0 Å². The highest BCUT2D eigenvalue weighted by molar-refractivity contribution is 7.12. The molecule has 1 aromatic rings. The van der Waals surface area contributed by atoms with Crippen molar-refractivity contribution in [2.75, 3.05) is 0 Å². The molecule has 1 N–H and O–H groups in total. The first kappa shape index (κ1) is 13.6. The fraction of sp³-hybridized carbons (Fsp3) is 0.765. The van der Waals surface area contributed by atoms with Gasteiger partial charge in [0.15, 0.2) is 0 Å². The van der Waals surface area contributed by atoms with Crippen molar-refractivity contribution in [1.82, 2.24) is 0 Å². The maximum Gasteiger partial charge on any atom is 0.0829 e. The van der Waals surface area contributed by atoms with Gasteiger partial charge in [0.25, 0.3) is 0 Å². The van der Waals surface area contributed by atoms with Crippen LogP contribution in [0.15, 0.2) is 6.07 Å². The van der Waals surface area contributed by atoms with E-state index in [9.17, 15) is 5.11 Å². The lowest BCUT2D eigenvalue weighted by Gasteiger charge is -2.40. The quantitative estimate of drug-likeness (QED) is 0.806. The first-order valence-corrected chi connectivity index (χ1v) is 8.72. The zero-order valence-electron chi connectivity index (χ0n) is 12.2. The molecule has 0 bridgehead atoms. The molecule has 19 heavy (non-hydrogen) atoms. The second-order valence-corrected chi connectivity index (χ2v) is 8.15. The van der Waals surface area contributed by atoms with Crippen LogP contribution in [-0.4, -0.2) is 5.11 Å². The summed E-state index contributed by atoms with van der Waals surface area (Å²) in [6.45, 7) is 4.30. The molecule has 0 spiro atoms. The van der Waals surface area contributed by atoms with Crippen molar-refractivity contribution in [2.45, 2.75) is 64.9 Å². The summed E-state index contributed by atoms with van der Waals surface area (Å²) in [7, 11) is 0. The Bertz CT molecular complexity index is 436. The van der Waals surface area contributed by atoms with Gasteiger partial charge in [0, 0.05) is 9.75 Å². The molecule has 2 aliphatic carbocycles. The van der Waals surface area contributed by atoms with Gasteiger partial charge in [-0.15, -0.1) is 11.3 Å². The van der Waals surface area contributed by atoms with Crippen LogP contribution < -0.4 is 0 Å². The largest absolute Gasteiger partial charge is 0.388 e. The van der Waals surface area contributed by atoms with Gasteiger partial charge in [0.1, 0.15) is 0 Å². The van der Waals surface area contributed by atoms with Crippen LogP contribution in [0.3, 0.4) is 0 Å². The minimum absolute atomic E-state index is 0.215. The van der Waals surface area contributed by atoms with Crippen molar-refractivity contribution in [3.8, 4) is 0 Å². The van der Waals surface area contributed by atoms with Gasteiger partial charge in [0.2, 0.25) is 0 Å². The van der Waals surface area contributed by atoms with E-state index in [1.54, 1.807) is 0 Å². The van der Waals surface area contributed by atoms with Gasteiger partial charge in [-0.2, -0.15) is 0 Å². The maximum atomic E-state index is 10.7. The second-order valence-electron chi connectivity index (χ2n) is 6.69. The number of fused-ring (bicyclic) bond motifs is 1. The Morgan fingerprint density at radius 1 is 1.11 bits per heavy atom. The maximum absolute atomic E-state index is 10.7. The van der Waals surface area contributed by atoms with E-state index in [1.165, 1.54) is 60.3 Å². The number of thiophene rings is 1. The molecule has 2 aliphatic rings. The Kier molecular flexibility index (Phi) is 4.00. The summed E-state index contributed by atoms with van der Waals surface area (Å²) in [4.78, 5) is 2.65. The molecule has 0 saturated heterocycles. The molecule has 2 fully saturated rings. The molecule has 0 amide bonds. The molecule has 0 radical (unpaired) electrons. The SMILES string of the molecule is Cc1cc(C(O)C2CCC3CCCCC3C2)c(C)s1. The second kappa shape index (κ2) is 5.57. The van der Waals surface area contributed by atoms with E-state index in [-0.39, 0.29) is 6.10 Å². The molecule has 1 nitrogen and oxygen atoms in total. The van der Waals surface area contributed by atoms with Gasteiger partial charge in [-0.1, -0.05) is 25.7 Å². The molecule has 3 rings (SSSR count). The summed E-state index contributed by atoms with van der Waals surface area (Å²) in [5.74, 6) is 2.39. The summed E-state index contributed by atoms with van der Waals surface area (Å²) in [6.07, 6.45) is 9.36. The predicted molar refractivity (Wildman–Crippen MR) is 81.5 cm³/mol. The Morgan fingerprint density at radius 3 is 2.53 bits per heavy atom. The number of aryl methyl sites for hydroxylation is 2. The topological polar surface area (TPSA) is 20.2 Å². The Morgan fingerprint density at radius 2 is 1.84 bits per heavy atom. The summed E-state index contributed by atoms with van der Waals surface area (Å²) in [6, 6.07) is 2.21. The van der Waals surface area contributed by atoms with Gasteiger partial charge in [-0.25, -0.2) is 0 Å². The molecule has 2 saturated carbocycles. The van der Waals surface area contributed by atoms with Crippen molar-refractivity contribution >= 4 is 11.3 Å². The van der Waals surface area contributed by atoms with Crippen LogP contribution in [0.2, 0.25) is 0 Å². The average molecular weight is 278 g/mol. The summed E-state index contributed by atoms with van der Waals surface area (Å²) in [5.41, 5.74) is 1.21. The minimum atomic E-state index is -0.215. The van der Waals surface area contributed by atoms with E-state index in [4.69, 9.17) is 0 Å². The number of hydrogen-bond donors (Lipinski definition) is 1. The first-order valence-electron chi connectivity index (χ1n) is 7.90. The highest BCUT2D eigenvalue weighted by Crippen LogP contribution is 2.46. The van der Waals surface area contributed by atoms with Crippen molar-refractivity contribution in [3.63, 3.8) is 0 Å². The Hall–Kier alpha value is -0.340. The molecular formula is C17H26OS. The normalized spacial score (nSPS) is 32.9. The Balaban J connectivity index is 1.70. The van der Waals surface area contributed by atoms with Crippen LogP contribution in [0.25, 0.3) is 0 Å².